The molecule has 0 spiro atoms. The van der Waals surface area contributed by atoms with Crippen LogP contribution in [0.3, 0.4) is 0 Å². The third kappa shape index (κ3) is 3.58. The van der Waals surface area contributed by atoms with Crippen LogP contribution < -0.4 is 0 Å². The monoisotopic (exact) mass is 586 g/mol. The number of fused-ring (bicyclic) bond motifs is 7. The smallest absolute Gasteiger partial charge is 0.0970 e. The standard InChI is InChI=1S/C42H26N4/c1-2-17-36-31(13-1)40-32-14-6-10-26-9-5-11-28(39(26)32)25-38(40)46(36)37-19-18-27(23-34(37)35-16-3-4-20-43-35)33-24-29-12-7-21-44-41(29)42-30(33)15-8-22-45-42/h1-13,15-25H,14H2. The van der Waals surface area contributed by atoms with Gasteiger partial charge in [-0.3, -0.25) is 15.0 Å². The van der Waals surface area contributed by atoms with E-state index in [2.05, 4.69) is 119 Å². The van der Waals surface area contributed by atoms with E-state index in [1.165, 1.54) is 43.7 Å². The lowest BCUT2D eigenvalue weighted by molar-refractivity contribution is 1.17. The van der Waals surface area contributed by atoms with E-state index >= 15 is 0 Å². The van der Waals surface area contributed by atoms with Crippen LogP contribution in [-0.2, 0) is 6.42 Å². The van der Waals surface area contributed by atoms with Crippen molar-refractivity contribution in [1.82, 2.24) is 19.5 Å². The van der Waals surface area contributed by atoms with E-state index in [1.54, 1.807) is 0 Å². The van der Waals surface area contributed by atoms with Gasteiger partial charge in [-0.05, 0) is 94.0 Å². The molecular weight excluding hydrogens is 560 g/mol. The summed E-state index contributed by atoms with van der Waals surface area (Å²) in [6.07, 6.45) is 11.0. The Kier molecular flexibility index (Phi) is 5.31. The van der Waals surface area contributed by atoms with Crippen LogP contribution in [0.1, 0.15) is 11.1 Å². The first kappa shape index (κ1) is 25.2. The Hall–Kier alpha value is -6.13. The summed E-state index contributed by atoms with van der Waals surface area (Å²) in [7, 11) is 0. The summed E-state index contributed by atoms with van der Waals surface area (Å²) in [6.45, 7) is 0. The second kappa shape index (κ2) is 9.68. The van der Waals surface area contributed by atoms with Gasteiger partial charge < -0.3 is 4.57 Å². The van der Waals surface area contributed by atoms with Crippen molar-refractivity contribution in [2.45, 2.75) is 6.42 Å². The minimum absolute atomic E-state index is 0.913. The summed E-state index contributed by atoms with van der Waals surface area (Å²) in [6, 6.07) is 41.3. The fraction of sp³-hybridized carbons (Fsp3) is 0.0238. The molecule has 0 unspecified atom stereocenters. The zero-order chi connectivity index (χ0) is 30.2. The first-order valence-electron chi connectivity index (χ1n) is 15.7. The molecule has 0 radical (unpaired) electrons. The van der Waals surface area contributed by atoms with Crippen molar-refractivity contribution in [3.05, 3.63) is 151 Å². The lowest BCUT2D eigenvalue weighted by Crippen LogP contribution is -2.00. The van der Waals surface area contributed by atoms with Crippen LogP contribution in [0.4, 0.5) is 0 Å². The summed E-state index contributed by atoms with van der Waals surface area (Å²) < 4.78 is 2.45. The molecule has 4 aromatic heterocycles. The van der Waals surface area contributed by atoms with E-state index in [4.69, 9.17) is 9.97 Å². The van der Waals surface area contributed by atoms with Crippen LogP contribution in [0, 0.1) is 0 Å². The predicted octanol–water partition coefficient (Wildman–Crippen LogP) is 10.3. The van der Waals surface area contributed by atoms with Gasteiger partial charge in [-0.25, -0.2) is 0 Å². The molecule has 4 heteroatoms. The number of aromatic nitrogens is 4. The second-order valence-corrected chi connectivity index (χ2v) is 12.0. The molecule has 214 valence electrons. The minimum atomic E-state index is 0.913. The quantitative estimate of drug-likeness (QED) is 0.194. The number of hydrogen-bond donors (Lipinski definition) is 0. The molecule has 4 nitrogen and oxygen atoms in total. The maximum Gasteiger partial charge on any atom is 0.0970 e. The highest BCUT2D eigenvalue weighted by Gasteiger charge is 2.22. The molecule has 1 aliphatic rings. The highest BCUT2D eigenvalue weighted by molar-refractivity contribution is 6.18. The molecule has 9 aromatic rings. The van der Waals surface area contributed by atoms with E-state index in [-0.39, 0.29) is 0 Å². The van der Waals surface area contributed by atoms with Crippen LogP contribution in [0.2, 0.25) is 0 Å². The Morgan fingerprint density at radius 3 is 2.30 bits per heavy atom. The average Bonchev–Trinajstić information content (AvgIpc) is 3.46. The second-order valence-electron chi connectivity index (χ2n) is 12.0. The van der Waals surface area contributed by atoms with Gasteiger partial charge in [0.1, 0.15) is 0 Å². The first-order chi connectivity index (χ1) is 22.8. The number of benzene rings is 5. The van der Waals surface area contributed by atoms with Gasteiger partial charge in [-0.2, -0.15) is 0 Å². The largest absolute Gasteiger partial charge is 0.309 e. The number of nitrogens with zero attached hydrogens (tertiary/aromatic N) is 4. The Bertz CT molecular complexity index is 2720. The van der Waals surface area contributed by atoms with Gasteiger partial charge in [0.25, 0.3) is 0 Å². The Balaban J connectivity index is 1.31. The van der Waals surface area contributed by atoms with Gasteiger partial charge in [-0.1, -0.05) is 72.8 Å². The fourth-order valence-electron chi connectivity index (χ4n) is 7.59. The van der Waals surface area contributed by atoms with Gasteiger partial charge in [0, 0.05) is 45.7 Å². The number of rotatable bonds is 3. The third-order valence-electron chi connectivity index (χ3n) is 9.51. The van der Waals surface area contributed by atoms with Crippen molar-refractivity contribution in [3.63, 3.8) is 0 Å². The third-order valence-corrected chi connectivity index (χ3v) is 9.51. The maximum absolute atomic E-state index is 4.89. The molecule has 4 heterocycles. The highest BCUT2D eigenvalue weighted by atomic mass is 15.0. The number of allylic oxidation sites excluding steroid dienone is 1. The molecule has 5 aromatic carbocycles. The first-order valence-corrected chi connectivity index (χ1v) is 15.7. The molecule has 1 aliphatic carbocycles. The van der Waals surface area contributed by atoms with Gasteiger partial charge >= 0.3 is 0 Å². The fourth-order valence-corrected chi connectivity index (χ4v) is 7.59. The van der Waals surface area contributed by atoms with Crippen LogP contribution in [0.5, 0.6) is 0 Å². The van der Waals surface area contributed by atoms with E-state index in [9.17, 15) is 0 Å². The maximum atomic E-state index is 4.89. The molecule has 0 saturated carbocycles. The van der Waals surface area contributed by atoms with Gasteiger partial charge in [-0.15, -0.1) is 0 Å². The molecule has 0 fully saturated rings. The lowest BCUT2D eigenvalue weighted by Gasteiger charge is -2.18. The number of para-hydroxylation sites is 1. The summed E-state index contributed by atoms with van der Waals surface area (Å²) in [4.78, 5) is 14.3. The topological polar surface area (TPSA) is 43.6 Å². The van der Waals surface area contributed by atoms with Crippen molar-refractivity contribution in [1.29, 1.82) is 0 Å². The normalized spacial score (nSPS) is 12.6. The van der Waals surface area contributed by atoms with Crippen LogP contribution in [0.25, 0.3) is 88.5 Å². The number of hydrogen-bond acceptors (Lipinski definition) is 3. The molecule has 0 bridgehead atoms. The molecule has 0 atom stereocenters. The van der Waals surface area contributed by atoms with Crippen molar-refractivity contribution in [3.8, 4) is 28.1 Å². The van der Waals surface area contributed by atoms with Crippen LogP contribution in [0.15, 0.2) is 140 Å². The van der Waals surface area contributed by atoms with Gasteiger partial charge in [0.2, 0.25) is 0 Å². The molecular formula is C42H26N4. The Morgan fingerprint density at radius 1 is 0.543 bits per heavy atom. The zero-order valence-corrected chi connectivity index (χ0v) is 24.9. The van der Waals surface area contributed by atoms with E-state index in [0.717, 1.165) is 56.3 Å². The van der Waals surface area contributed by atoms with Crippen LogP contribution in [-0.4, -0.2) is 19.5 Å². The highest BCUT2D eigenvalue weighted by Crippen LogP contribution is 2.43. The summed E-state index contributed by atoms with van der Waals surface area (Å²) in [5, 5.41) is 7.40. The van der Waals surface area contributed by atoms with Crippen molar-refractivity contribution >= 4 is 60.5 Å². The molecule has 10 rings (SSSR count). The minimum Gasteiger partial charge on any atom is -0.309 e. The average molecular weight is 587 g/mol. The van der Waals surface area contributed by atoms with Gasteiger partial charge in [0.15, 0.2) is 0 Å². The lowest BCUT2D eigenvalue weighted by atomic mass is 9.89. The van der Waals surface area contributed by atoms with Crippen molar-refractivity contribution in [2.75, 3.05) is 0 Å². The molecule has 0 saturated heterocycles. The summed E-state index contributed by atoms with van der Waals surface area (Å²) in [5.41, 5.74) is 12.3. The molecule has 0 N–H and O–H groups in total. The zero-order valence-electron chi connectivity index (χ0n) is 24.9. The molecule has 46 heavy (non-hydrogen) atoms. The van der Waals surface area contributed by atoms with Gasteiger partial charge in [0.05, 0.1) is 33.4 Å². The summed E-state index contributed by atoms with van der Waals surface area (Å²) >= 11 is 0. The molecule has 0 aliphatic heterocycles. The molecule has 0 amide bonds. The van der Waals surface area contributed by atoms with E-state index < -0.39 is 0 Å². The SMILES string of the molecule is C1=Cc2cccc3cc4c(c(c23)C1)c1ccccc1n4-c1ccc(-c2cc3cccnc3c3ncccc23)cc1-c1ccccn1. The Morgan fingerprint density at radius 2 is 1.37 bits per heavy atom. The van der Waals surface area contributed by atoms with E-state index in [1.807, 2.05) is 36.8 Å². The predicted molar refractivity (Wildman–Crippen MR) is 190 cm³/mol. The summed E-state index contributed by atoms with van der Waals surface area (Å²) in [5.74, 6) is 0. The Labute approximate surface area is 264 Å². The van der Waals surface area contributed by atoms with Crippen molar-refractivity contribution in [2.24, 2.45) is 0 Å². The number of pyridine rings is 3. The van der Waals surface area contributed by atoms with E-state index in [0.29, 0.717) is 0 Å². The van der Waals surface area contributed by atoms with Crippen molar-refractivity contribution < 1.29 is 0 Å². The van der Waals surface area contributed by atoms with Crippen LogP contribution >= 0.6 is 0 Å².